The SMILES string of the molecule is CC(C)[C@@H](NC(=O)CCn1ccc(=O)[nH]c1=O)c1nccn1C. The molecule has 0 aliphatic carbocycles. The molecule has 1 atom stereocenters. The van der Waals surface area contributed by atoms with Crippen LogP contribution < -0.4 is 16.6 Å². The van der Waals surface area contributed by atoms with Crippen LogP contribution in [0.1, 0.15) is 32.1 Å². The lowest BCUT2D eigenvalue weighted by Gasteiger charge is -2.22. The molecule has 124 valence electrons. The number of H-pyrrole nitrogens is 1. The monoisotopic (exact) mass is 319 g/mol. The van der Waals surface area contributed by atoms with E-state index in [9.17, 15) is 14.4 Å². The maximum absolute atomic E-state index is 12.2. The third-order valence-electron chi connectivity index (χ3n) is 3.60. The molecule has 2 heterocycles. The van der Waals surface area contributed by atoms with Gasteiger partial charge in [0.15, 0.2) is 0 Å². The van der Waals surface area contributed by atoms with Gasteiger partial charge in [0.25, 0.3) is 5.56 Å². The third-order valence-corrected chi connectivity index (χ3v) is 3.60. The summed E-state index contributed by atoms with van der Waals surface area (Å²) in [4.78, 5) is 41.2. The largest absolute Gasteiger partial charge is 0.346 e. The van der Waals surface area contributed by atoms with Gasteiger partial charge in [-0.25, -0.2) is 9.78 Å². The van der Waals surface area contributed by atoms with Crippen molar-refractivity contribution in [2.24, 2.45) is 13.0 Å². The first-order valence-corrected chi connectivity index (χ1v) is 7.45. The highest BCUT2D eigenvalue weighted by atomic mass is 16.2. The van der Waals surface area contributed by atoms with Gasteiger partial charge >= 0.3 is 5.69 Å². The van der Waals surface area contributed by atoms with Crippen molar-refractivity contribution in [1.29, 1.82) is 0 Å². The van der Waals surface area contributed by atoms with E-state index in [1.807, 2.05) is 31.7 Å². The summed E-state index contributed by atoms with van der Waals surface area (Å²) < 4.78 is 3.17. The minimum atomic E-state index is -0.519. The molecular formula is C15H21N5O3. The van der Waals surface area contributed by atoms with E-state index in [4.69, 9.17) is 0 Å². The number of nitrogens with zero attached hydrogens (tertiary/aromatic N) is 3. The summed E-state index contributed by atoms with van der Waals surface area (Å²) in [5.74, 6) is 0.787. The Morgan fingerprint density at radius 2 is 2.09 bits per heavy atom. The molecule has 2 aromatic heterocycles. The lowest BCUT2D eigenvalue weighted by Crippen LogP contribution is -2.35. The molecule has 0 spiro atoms. The number of nitrogens with one attached hydrogen (secondary N) is 2. The van der Waals surface area contributed by atoms with Crippen LogP contribution in [0.5, 0.6) is 0 Å². The molecule has 0 radical (unpaired) electrons. The van der Waals surface area contributed by atoms with E-state index in [1.165, 1.54) is 16.8 Å². The minimum absolute atomic E-state index is 0.138. The Bertz CT molecular complexity index is 787. The van der Waals surface area contributed by atoms with E-state index >= 15 is 0 Å². The number of carbonyl (C=O) groups excluding carboxylic acids is 1. The van der Waals surface area contributed by atoms with Crippen molar-refractivity contribution >= 4 is 5.91 Å². The maximum Gasteiger partial charge on any atom is 0.328 e. The first kappa shape index (κ1) is 16.7. The molecular weight excluding hydrogens is 298 g/mol. The van der Waals surface area contributed by atoms with E-state index in [-0.39, 0.29) is 30.8 Å². The van der Waals surface area contributed by atoms with Crippen LogP contribution in [0.25, 0.3) is 0 Å². The number of hydrogen-bond acceptors (Lipinski definition) is 4. The van der Waals surface area contributed by atoms with Crippen LogP contribution in [-0.4, -0.2) is 25.0 Å². The average Bonchev–Trinajstić information content (AvgIpc) is 2.89. The molecule has 8 heteroatoms. The van der Waals surface area contributed by atoms with E-state index in [0.29, 0.717) is 0 Å². The van der Waals surface area contributed by atoms with Gasteiger partial charge in [-0.15, -0.1) is 0 Å². The van der Waals surface area contributed by atoms with Crippen molar-refractivity contribution < 1.29 is 4.79 Å². The molecule has 1 amide bonds. The maximum atomic E-state index is 12.2. The Balaban J connectivity index is 2.01. The van der Waals surface area contributed by atoms with Gasteiger partial charge in [-0.3, -0.25) is 14.6 Å². The number of carbonyl (C=O) groups is 1. The van der Waals surface area contributed by atoms with Gasteiger partial charge in [0.05, 0.1) is 6.04 Å². The summed E-state index contributed by atoms with van der Waals surface area (Å²) in [5.41, 5.74) is -0.972. The van der Waals surface area contributed by atoms with Crippen molar-refractivity contribution in [1.82, 2.24) is 24.4 Å². The molecule has 2 rings (SSSR count). The Labute approximate surface area is 133 Å². The van der Waals surface area contributed by atoms with E-state index < -0.39 is 11.2 Å². The first-order chi connectivity index (χ1) is 10.9. The van der Waals surface area contributed by atoms with Crippen LogP contribution in [0.15, 0.2) is 34.2 Å². The zero-order valence-corrected chi connectivity index (χ0v) is 13.4. The summed E-state index contributed by atoms with van der Waals surface area (Å²) in [5, 5.41) is 2.95. The number of rotatable bonds is 6. The molecule has 8 nitrogen and oxygen atoms in total. The van der Waals surface area contributed by atoms with Crippen molar-refractivity contribution in [2.45, 2.75) is 32.9 Å². The molecule has 23 heavy (non-hydrogen) atoms. The van der Waals surface area contributed by atoms with Gasteiger partial charge in [-0.1, -0.05) is 13.8 Å². The van der Waals surface area contributed by atoms with Crippen LogP contribution in [0.4, 0.5) is 0 Å². The van der Waals surface area contributed by atoms with Gasteiger partial charge in [-0.05, 0) is 5.92 Å². The Kier molecular flexibility index (Phi) is 5.15. The number of hydrogen-bond donors (Lipinski definition) is 2. The summed E-state index contributed by atoms with van der Waals surface area (Å²) in [6, 6.07) is 1.05. The van der Waals surface area contributed by atoms with E-state index in [0.717, 1.165) is 5.82 Å². The van der Waals surface area contributed by atoms with Crippen LogP contribution in [0.2, 0.25) is 0 Å². The quantitative estimate of drug-likeness (QED) is 0.792. The van der Waals surface area contributed by atoms with Crippen molar-refractivity contribution in [3.05, 3.63) is 51.3 Å². The molecule has 2 N–H and O–H groups in total. The Hall–Kier alpha value is -2.64. The Morgan fingerprint density at radius 1 is 1.35 bits per heavy atom. The summed E-state index contributed by atoms with van der Waals surface area (Å²) in [6.07, 6.45) is 5.04. The normalized spacial score (nSPS) is 12.3. The molecule has 0 bridgehead atoms. The summed E-state index contributed by atoms with van der Waals surface area (Å²) in [6.45, 7) is 4.21. The predicted octanol–water partition coefficient (Wildman–Crippen LogP) is 0.174. The topological polar surface area (TPSA) is 102 Å². The van der Waals surface area contributed by atoms with Gasteiger partial charge < -0.3 is 14.5 Å². The number of aryl methyl sites for hydroxylation is 2. The van der Waals surface area contributed by atoms with E-state index in [1.54, 1.807) is 6.20 Å². The minimum Gasteiger partial charge on any atom is -0.346 e. The predicted molar refractivity (Wildman–Crippen MR) is 84.9 cm³/mol. The molecule has 0 fully saturated rings. The average molecular weight is 319 g/mol. The molecule has 0 saturated heterocycles. The van der Waals surface area contributed by atoms with Gasteiger partial charge in [0, 0.05) is 44.7 Å². The molecule has 0 unspecified atom stereocenters. The van der Waals surface area contributed by atoms with Gasteiger partial charge in [0.1, 0.15) is 5.82 Å². The lowest BCUT2D eigenvalue weighted by atomic mass is 10.0. The molecule has 0 saturated carbocycles. The number of aromatic nitrogens is 4. The highest BCUT2D eigenvalue weighted by Crippen LogP contribution is 2.19. The fourth-order valence-corrected chi connectivity index (χ4v) is 2.29. The van der Waals surface area contributed by atoms with Crippen LogP contribution in [-0.2, 0) is 18.4 Å². The van der Waals surface area contributed by atoms with Crippen molar-refractivity contribution in [2.75, 3.05) is 0 Å². The highest BCUT2D eigenvalue weighted by molar-refractivity contribution is 5.76. The van der Waals surface area contributed by atoms with Crippen molar-refractivity contribution in [3.63, 3.8) is 0 Å². The molecule has 0 aliphatic rings. The van der Waals surface area contributed by atoms with E-state index in [2.05, 4.69) is 15.3 Å². The van der Waals surface area contributed by atoms with Crippen LogP contribution >= 0.6 is 0 Å². The van der Waals surface area contributed by atoms with Crippen LogP contribution in [0, 0.1) is 5.92 Å². The van der Waals surface area contributed by atoms with Crippen molar-refractivity contribution in [3.8, 4) is 0 Å². The summed E-state index contributed by atoms with van der Waals surface area (Å²) in [7, 11) is 1.88. The fraction of sp³-hybridized carbons (Fsp3) is 0.467. The molecule has 0 aliphatic heterocycles. The number of aromatic amines is 1. The second kappa shape index (κ2) is 7.08. The van der Waals surface area contributed by atoms with Crippen LogP contribution in [0.3, 0.4) is 0 Å². The number of amides is 1. The first-order valence-electron chi connectivity index (χ1n) is 7.45. The lowest BCUT2D eigenvalue weighted by molar-refractivity contribution is -0.122. The highest BCUT2D eigenvalue weighted by Gasteiger charge is 2.21. The molecule has 2 aromatic rings. The standard InChI is InChI=1S/C15H21N5O3/c1-10(2)13(14-16-6-9-19(14)3)17-11(21)4-7-20-8-5-12(22)18-15(20)23/h5-6,8-10,13H,4,7H2,1-3H3,(H,17,21)(H,18,22,23)/t13-/m1/s1. The zero-order chi connectivity index (χ0) is 17.0. The fourth-order valence-electron chi connectivity index (χ4n) is 2.29. The number of imidazole rings is 1. The Morgan fingerprint density at radius 3 is 2.65 bits per heavy atom. The third kappa shape index (κ3) is 4.18. The zero-order valence-electron chi connectivity index (χ0n) is 13.4. The van der Waals surface area contributed by atoms with Gasteiger partial charge in [0.2, 0.25) is 5.91 Å². The molecule has 0 aromatic carbocycles. The van der Waals surface area contributed by atoms with Gasteiger partial charge in [-0.2, -0.15) is 0 Å². The second-order valence-electron chi connectivity index (χ2n) is 5.74. The summed E-state index contributed by atoms with van der Waals surface area (Å²) >= 11 is 0. The second-order valence-corrected chi connectivity index (χ2v) is 5.74. The smallest absolute Gasteiger partial charge is 0.328 e.